The topological polar surface area (TPSA) is 66.1 Å². The molecule has 2 atom stereocenters. The normalized spacial score (nSPS) is 16.4. The van der Waals surface area contributed by atoms with Crippen molar-refractivity contribution in [3.63, 3.8) is 0 Å². The van der Waals surface area contributed by atoms with Crippen molar-refractivity contribution in [3.05, 3.63) is 29.6 Å². The van der Waals surface area contributed by atoms with E-state index in [2.05, 4.69) is 9.35 Å². The van der Waals surface area contributed by atoms with Crippen molar-refractivity contribution < 1.29 is 17.4 Å². The summed E-state index contributed by atoms with van der Waals surface area (Å²) in [5, 5.41) is 7.71. The molecule has 0 aliphatic carbocycles. The molecule has 0 bridgehead atoms. The third-order valence-corrected chi connectivity index (χ3v) is 4.45. The van der Waals surface area contributed by atoms with Crippen molar-refractivity contribution in [1.29, 1.82) is 5.26 Å². The lowest BCUT2D eigenvalue weighted by molar-refractivity contribution is -0.141. The van der Waals surface area contributed by atoms with Crippen LogP contribution in [0.25, 0.3) is 0 Å². The minimum atomic E-state index is -4.51. The summed E-state index contributed by atoms with van der Waals surface area (Å²) in [5.41, 5.74) is -0.673. The molecule has 18 heavy (non-hydrogen) atoms. The van der Waals surface area contributed by atoms with Gasteiger partial charge in [0.05, 0.1) is 15.0 Å². The summed E-state index contributed by atoms with van der Waals surface area (Å²) < 4.78 is 52.1. The van der Waals surface area contributed by atoms with Gasteiger partial charge in [-0.1, -0.05) is 6.07 Å². The van der Waals surface area contributed by atoms with E-state index in [0.29, 0.717) is 5.56 Å². The van der Waals surface area contributed by atoms with E-state index >= 15 is 0 Å². The molecule has 8 heteroatoms. The summed E-state index contributed by atoms with van der Waals surface area (Å²) in [6.45, 7) is 1.52. The Labute approximate surface area is 103 Å². The van der Waals surface area contributed by atoms with Gasteiger partial charge in [0.25, 0.3) is 0 Å². The van der Waals surface area contributed by atoms with Crippen LogP contribution in [-0.2, 0) is 15.9 Å². The maximum absolute atomic E-state index is 12.3. The van der Waals surface area contributed by atoms with Crippen LogP contribution in [0, 0.1) is 11.5 Å². The summed E-state index contributed by atoms with van der Waals surface area (Å²) in [5.74, 6) is 0. The van der Waals surface area contributed by atoms with Crippen LogP contribution in [0.3, 0.4) is 0 Å². The quantitative estimate of drug-likeness (QED) is 0.781. The van der Waals surface area contributed by atoms with Crippen molar-refractivity contribution in [3.8, 4) is 6.19 Å². The maximum Gasteiger partial charge on any atom is 0.433 e. The van der Waals surface area contributed by atoms with Gasteiger partial charge < -0.3 is 0 Å². The molecule has 98 valence electrons. The van der Waals surface area contributed by atoms with Crippen molar-refractivity contribution in [1.82, 2.24) is 4.98 Å². The highest BCUT2D eigenvalue weighted by Gasteiger charge is 2.32. The molecule has 0 radical (unpaired) electrons. The Hall–Kier alpha value is -1.62. The van der Waals surface area contributed by atoms with E-state index < -0.39 is 26.8 Å². The Bertz CT molecular complexity index is 580. The summed E-state index contributed by atoms with van der Waals surface area (Å²) in [6.07, 6.45) is -0.784. The second-order valence-corrected chi connectivity index (χ2v) is 6.28. The lowest BCUT2D eigenvalue weighted by Crippen LogP contribution is -2.11. The minimum Gasteiger partial charge on any atom is -0.251 e. The van der Waals surface area contributed by atoms with E-state index in [9.17, 15) is 17.4 Å². The fraction of sp³-hybridized carbons (Fsp3) is 0.400. The van der Waals surface area contributed by atoms with Crippen LogP contribution in [0.2, 0.25) is 0 Å². The lowest BCUT2D eigenvalue weighted by atomic mass is 10.2. The minimum absolute atomic E-state index is 0.342. The number of aromatic nitrogens is 1. The summed E-state index contributed by atoms with van der Waals surface area (Å²) in [6, 6.07) is 2.00. The van der Waals surface area contributed by atoms with Gasteiger partial charge in [-0.05, 0) is 18.6 Å². The van der Waals surface area contributed by atoms with Gasteiger partial charge in [-0.15, -0.1) is 4.36 Å². The van der Waals surface area contributed by atoms with Crippen LogP contribution >= 0.6 is 0 Å². The number of nitriles is 1. The third-order valence-electron chi connectivity index (χ3n) is 2.42. The molecule has 0 aliphatic heterocycles. The average Bonchev–Trinajstić information content (AvgIpc) is 2.27. The Morgan fingerprint density at radius 1 is 1.50 bits per heavy atom. The van der Waals surface area contributed by atoms with Gasteiger partial charge in [0.2, 0.25) is 6.19 Å². The molecule has 1 aromatic heterocycles. The zero-order chi connectivity index (χ0) is 14.0. The van der Waals surface area contributed by atoms with E-state index in [4.69, 9.17) is 5.26 Å². The van der Waals surface area contributed by atoms with Gasteiger partial charge in [-0.25, -0.2) is 4.21 Å². The second-order valence-electron chi connectivity index (χ2n) is 3.67. The van der Waals surface area contributed by atoms with Gasteiger partial charge in [0.1, 0.15) is 5.69 Å². The summed E-state index contributed by atoms with van der Waals surface area (Å²) >= 11 is 0. The number of pyridine rings is 1. The number of hydrogen-bond donors (Lipinski definition) is 0. The van der Waals surface area contributed by atoms with Crippen LogP contribution in [0.5, 0.6) is 0 Å². The molecule has 1 heterocycles. The predicted octanol–water partition coefficient (Wildman–Crippen LogP) is 2.74. The Morgan fingerprint density at radius 2 is 2.11 bits per heavy atom. The van der Waals surface area contributed by atoms with E-state index in [1.165, 1.54) is 25.4 Å². The summed E-state index contributed by atoms with van der Waals surface area (Å²) in [4.78, 5) is 3.27. The molecule has 1 aromatic rings. The van der Waals surface area contributed by atoms with Crippen molar-refractivity contribution >= 4 is 9.73 Å². The highest BCUT2D eigenvalue weighted by Crippen LogP contribution is 2.29. The zero-order valence-electron chi connectivity index (χ0n) is 9.60. The molecule has 0 saturated heterocycles. The van der Waals surface area contributed by atoms with Gasteiger partial charge in [0.15, 0.2) is 0 Å². The smallest absolute Gasteiger partial charge is 0.251 e. The molecule has 0 aromatic carbocycles. The lowest BCUT2D eigenvalue weighted by Gasteiger charge is -2.13. The van der Waals surface area contributed by atoms with Gasteiger partial charge in [0, 0.05) is 12.5 Å². The van der Waals surface area contributed by atoms with Crippen LogP contribution < -0.4 is 0 Å². The Kier molecular flexibility index (Phi) is 3.96. The van der Waals surface area contributed by atoms with Crippen LogP contribution in [0.15, 0.2) is 22.7 Å². The standard InChI is InChI=1S/C10H10F3N3OS/c1-7(18(2,17)16-6-14)8-3-4-9(15-5-8)10(11,12)13/h3-5,7H,1-2H3/t7-,18-/m1/s1. The average molecular weight is 277 g/mol. The fourth-order valence-electron chi connectivity index (χ4n) is 1.23. The predicted molar refractivity (Wildman–Crippen MR) is 59.8 cm³/mol. The highest BCUT2D eigenvalue weighted by atomic mass is 32.2. The molecule has 0 unspecified atom stereocenters. The highest BCUT2D eigenvalue weighted by molar-refractivity contribution is 7.93. The first-order valence-corrected chi connectivity index (χ1v) is 6.79. The number of nitrogens with zero attached hydrogens (tertiary/aromatic N) is 3. The van der Waals surface area contributed by atoms with E-state index in [-0.39, 0.29) is 0 Å². The number of alkyl halides is 3. The maximum atomic E-state index is 12.3. The van der Waals surface area contributed by atoms with Crippen LogP contribution in [0.4, 0.5) is 13.2 Å². The van der Waals surface area contributed by atoms with Gasteiger partial charge in [-0.2, -0.15) is 18.4 Å². The number of halogens is 3. The third kappa shape index (κ3) is 3.20. The number of rotatable bonds is 2. The molecule has 0 aliphatic rings. The molecule has 4 nitrogen and oxygen atoms in total. The second kappa shape index (κ2) is 4.94. The van der Waals surface area contributed by atoms with E-state index in [1.54, 1.807) is 0 Å². The first-order chi connectivity index (χ1) is 8.18. The molecule has 0 saturated carbocycles. The Balaban J connectivity index is 3.12. The monoisotopic (exact) mass is 277 g/mol. The molecule has 0 amide bonds. The first-order valence-electron chi connectivity index (χ1n) is 4.80. The zero-order valence-corrected chi connectivity index (χ0v) is 10.4. The van der Waals surface area contributed by atoms with Crippen LogP contribution in [0.1, 0.15) is 23.4 Å². The van der Waals surface area contributed by atoms with Gasteiger partial charge >= 0.3 is 6.18 Å². The van der Waals surface area contributed by atoms with Crippen molar-refractivity contribution in [2.45, 2.75) is 18.3 Å². The number of hydrogen-bond acceptors (Lipinski definition) is 4. The largest absolute Gasteiger partial charge is 0.433 e. The van der Waals surface area contributed by atoms with Gasteiger partial charge in [-0.3, -0.25) is 4.98 Å². The molecule has 1 rings (SSSR count). The fourth-order valence-corrected chi connectivity index (χ4v) is 2.19. The first kappa shape index (κ1) is 14.4. The molecular weight excluding hydrogens is 267 g/mol. The molecule has 0 spiro atoms. The van der Waals surface area contributed by atoms with E-state index in [0.717, 1.165) is 12.3 Å². The van der Waals surface area contributed by atoms with Crippen molar-refractivity contribution in [2.24, 2.45) is 4.36 Å². The van der Waals surface area contributed by atoms with Crippen molar-refractivity contribution in [2.75, 3.05) is 6.26 Å². The Morgan fingerprint density at radius 3 is 2.50 bits per heavy atom. The SMILES string of the molecule is C[C@H](c1ccc(C(F)(F)F)nc1)[S@@](C)(=O)=NC#N. The summed E-state index contributed by atoms with van der Waals surface area (Å²) in [7, 11) is -2.82. The molecular formula is C10H10F3N3OS. The molecule has 0 fully saturated rings. The molecule has 0 N–H and O–H groups in total. The van der Waals surface area contributed by atoms with Crippen LogP contribution in [-0.4, -0.2) is 15.4 Å². The van der Waals surface area contributed by atoms with E-state index in [1.807, 2.05) is 0 Å².